The molecule has 36 heavy (non-hydrogen) atoms. The summed E-state index contributed by atoms with van der Waals surface area (Å²) < 4.78 is 5.22. The number of benzene rings is 1. The second-order valence-electron chi connectivity index (χ2n) is 9.01. The van der Waals surface area contributed by atoms with E-state index in [1.165, 1.54) is 16.5 Å². The summed E-state index contributed by atoms with van der Waals surface area (Å²) in [6, 6.07) is 6.92. The fourth-order valence-corrected chi connectivity index (χ4v) is 4.77. The number of hydrogen-bond acceptors (Lipinski definition) is 6. The summed E-state index contributed by atoms with van der Waals surface area (Å²) in [7, 11) is 3.30. The van der Waals surface area contributed by atoms with Crippen molar-refractivity contribution in [3.63, 3.8) is 0 Å². The molecule has 0 saturated heterocycles. The zero-order valence-corrected chi connectivity index (χ0v) is 20.3. The number of methoxy groups -OCH3 is 1. The molecule has 2 aromatic rings. The summed E-state index contributed by atoms with van der Waals surface area (Å²) in [6.45, 7) is 3.92. The van der Waals surface area contributed by atoms with Crippen LogP contribution in [-0.4, -0.2) is 47.8 Å². The third-order valence-electron chi connectivity index (χ3n) is 6.84. The van der Waals surface area contributed by atoms with Crippen molar-refractivity contribution in [1.29, 1.82) is 0 Å². The first-order valence-corrected chi connectivity index (χ1v) is 11.9. The number of urea groups is 1. The fourth-order valence-electron chi connectivity index (χ4n) is 4.77. The number of aromatic nitrogens is 2. The van der Waals surface area contributed by atoms with E-state index in [0.29, 0.717) is 18.3 Å². The van der Waals surface area contributed by atoms with Crippen molar-refractivity contribution in [3.8, 4) is 5.75 Å². The van der Waals surface area contributed by atoms with Gasteiger partial charge in [0.05, 0.1) is 19.7 Å². The molecule has 2 atom stereocenters. The van der Waals surface area contributed by atoms with Crippen molar-refractivity contribution >= 4 is 35.1 Å². The molecule has 5 rings (SSSR count). The lowest BCUT2D eigenvalue weighted by atomic mass is 9.78. The number of amides is 3. The minimum absolute atomic E-state index is 0.191. The van der Waals surface area contributed by atoms with E-state index >= 15 is 0 Å². The van der Waals surface area contributed by atoms with Gasteiger partial charge in [0, 0.05) is 30.2 Å². The second kappa shape index (κ2) is 9.77. The molecule has 1 aromatic heterocycles. The topological polar surface area (TPSA) is 100 Å². The average molecular weight is 485 g/mol. The summed E-state index contributed by atoms with van der Waals surface area (Å²) >= 11 is 0. The number of aliphatic imine (C=N–C) groups is 1. The Morgan fingerprint density at radius 1 is 1.31 bits per heavy atom. The van der Waals surface area contributed by atoms with Gasteiger partial charge in [-0.15, -0.1) is 0 Å². The number of ether oxygens (including phenoxy) is 1. The highest BCUT2D eigenvalue weighted by Crippen LogP contribution is 2.34. The van der Waals surface area contributed by atoms with Crippen LogP contribution in [0.3, 0.4) is 0 Å². The number of carbonyl (C=O) groups excluding carboxylic acids is 2. The summed E-state index contributed by atoms with van der Waals surface area (Å²) in [4.78, 5) is 42.2. The zero-order valence-electron chi connectivity index (χ0n) is 20.3. The van der Waals surface area contributed by atoms with Gasteiger partial charge in [0.15, 0.2) is 0 Å². The van der Waals surface area contributed by atoms with E-state index in [1.807, 2.05) is 30.3 Å². The Labute approximate surface area is 209 Å². The van der Waals surface area contributed by atoms with Crippen LogP contribution < -0.4 is 19.9 Å². The number of fused-ring (bicyclic) bond motifs is 1. The average Bonchev–Trinajstić information content (AvgIpc) is 2.87. The maximum atomic E-state index is 13.1. The van der Waals surface area contributed by atoms with E-state index in [0.717, 1.165) is 42.0 Å². The minimum atomic E-state index is -0.234. The van der Waals surface area contributed by atoms with Gasteiger partial charge < -0.3 is 10.1 Å². The van der Waals surface area contributed by atoms with Crippen LogP contribution in [0.4, 0.5) is 22.2 Å². The molecule has 0 bridgehead atoms. The van der Waals surface area contributed by atoms with E-state index in [9.17, 15) is 9.59 Å². The number of rotatable bonds is 6. The molecular weight excluding hydrogens is 456 g/mol. The van der Waals surface area contributed by atoms with Crippen molar-refractivity contribution in [1.82, 2.24) is 15.3 Å². The van der Waals surface area contributed by atoms with Gasteiger partial charge in [0.25, 0.3) is 5.95 Å². The Morgan fingerprint density at radius 3 is 2.75 bits per heavy atom. The van der Waals surface area contributed by atoms with E-state index in [4.69, 9.17) is 9.73 Å². The van der Waals surface area contributed by atoms with Crippen molar-refractivity contribution in [2.45, 2.75) is 31.8 Å². The summed E-state index contributed by atoms with van der Waals surface area (Å²) in [5, 5.41) is 3.01. The summed E-state index contributed by atoms with van der Waals surface area (Å²) in [5.74, 6) is 1.68. The molecule has 2 heterocycles. The van der Waals surface area contributed by atoms with Gasteiger partial charge >= 0.3 is 6.03 Å². The van der Waals surface area contributed by atoms with E-state index < -0.39 is 0 Å². The number of nitrogens with zero attached hydrogens (tertiary/aromatic N) is 5. The van der Waals surface area contributed by atoms with Crippen molar-refractivity contribution in [2.24, 2.45) is 10.9 Å². The highest BCUT2D eigenvalue weighted by molar-refractivity contribution is 6.05. The number of anilines is 2. The van der Waals surface area contributed by atoms with Gasteiger partial charge in [0.1, 0.15) is 11.6 Å². The molecule has 184 valence electrons. The van der Waals surface area contributed by atoms with Crippen molar-refractivity contribution in [2.75, 3.05) is 24.0 Å². The maximum Gasteiger partial charge on any atom is 0.330 e. The normalized spacial score (nSPS) is 22.0. The largest absolute Gasteiger partial charge is 0.497 e. The summed E-state index contributed by atoms with van der Waals surface area (Å²) in [6.07, 6.45) is 11.7. The summed E-state index contributed by atoms with van der Waals surface area (Å²) in [5.41, 5.74) is 3.71. The molecular formula is C27H28N6O3. The number of carbonyl (C=O) groups is 2. The Morgan fingerprint density at radius 2 is 2.08 bits per heavy atom. The quantitative estimate of drug-likeness (QED) is 0.623. The highest BCUT2D eigenvalue weighted by Gasteiger charge is 2.32. The third-order valence-corrected chi connectivity index (χ3v) is 6.84. The van der Waals surface area contributed by atoms with Crippen LogP contribution in [0.1, 0.15) is 24.8 Å². The second-order valence-corrected chi connectivity index (χ2v) is 9.01. The molecule has 3 aliphatic rings. The maximum absolute atomic E-state index is 13.1. The number of allylic oxidation sites excluding steroid dienone is 4. The smallest absolute Gasteiger partial charge is 0.330 e. The molecule has 1 N–H and O–H groups in total. The van der Waals surface area contributed by atoms with E-state index in [2.05, 4.69) is 34.0 Å². The zero-order chi connectivity index (χ0) is 25.2. The molecule has 1 aromatic carbocycles. The van der Waals surface area contributed by atoms with Crippen molar-refractivity contribution < 1.29 is 14.3 Å². The molecule has 9 nitrogen and oxygen atoms in total. The molecule has 0 radical (unpaired) electrons. The van der Waals surface area contributed by atoms with Crippen LogP contribution in [-0.2, 0) is 11.3 Å². The van der Waals surface area contributed by atoms with Crippen LogP contribution >= 0.6 is 0 Å². The van der Waals surface area contributed by atoms with Gasteiger partial charge in [0.2, 0.25) is 5.91 Å². The first-order chi connectivity index (χ1) is 17.5. The SMILES string of the molecule is C=CC(=O)N[C@H]1CC(C2=CC=C2)CCC1=Nc1ncc2c(n1)N(C)C(=O)N(c1ccc(OC)cc1)C2. The number of hydrogen-bond donors (Lipinski definition) is 1. The van der Waals surface area contributed by atoms with Gasteiger partial charge in [-0.2, -0.15) is 4.98 Å². The molecule has 3 amide bonds. The number of nitrogens with one attached hydrogen (secondary N) is 1. The molecule has 1 unspecified atom stereocenters. The predicted octanol–water partition coefficient (Wildman–Crippen LogP) is 4.10. The molecule has 2 aliphatic carbocycles. The van der Waals surface area contributed by atoms with E-state index in [-0.39, 0.29) is 23.9 Å². The Bertz CT molecular complexity index is 1300. The molecule has 1 fully saturated rings. The first kappa shape index (κ1) is 23.5. The van der Waals surface area contributed by atoms with Crippen LogP contribution in [0.25, 0.3) is 0 Å². The predicted molar refractivity (Wildman–Crippen MR) is 139 cm³/mol. The van der Waals surface area contributed by atoms with Gasteiger partial charge in [-0.05, 0) is 61.1 Å². The Balaban J connectivity index is 1.39. The third kappa shape index (κ3) is 4.51. The fraction of sp³-hybridized carbons (Fsp3) is 0.296. The Kier molecular flexibility index (Phi) is 6.37. The van der Waals surface area contributed by atoms with Crippen molar-refractivity contribution in [3.05, 3.63) is 72.5 Å². The monoisotopic (exact) mass is 484 g/mol. The molecule has 9 heteroatoms. The lowest BCUT2D eigenvalue weighted by Crippen LogP contribution is -2.46. The lowest BCUT2D eigenvalue weighted by molar-refractivity contribution is -0.116. The van der Waals surface area contributed by atoms with Crippen LogP contribution in [0.15, 0.2) is 71.9 Å². The highest BCUT2D eigenvalue weighted by atomic mass is 16.5. The lowest BCUT2D eigenvalue weighted by Gasteiger charge is -2.34. The van der Waals surface area contributed by atoms with Crippen LogP contribution in [0.5, 0.6) is 5.75 Å². The standard InChI is InChI=1S/C27H28N6O3/c1-4-24(34)29-23-14-18(17-6-5-7-17)8-13-22(23)30-26-28-15-19-16-33(27(35)32(2)25(19)31-26)20-9-11-21(36-3)12-10-20/h4-7,9-12,15,18,23H,1,8,13-14,16H2,2-3H3,(H,29,34)/t18?,23-/m0/s1. The molecule has 0 spiro atoms. The molecule has 1 aliphatic heterocycles. The van der Waals surface area contributed by atoms with Gasteiger partial charge in [-0.1, -0.05) is 24.8 Å². The van der Waals surface area contributed by atoms with Crippen LogP contribution in [0.2, 0.25) is 0 Å². The molecule has 1 saturated carbocycles. The Hall–Kier alpha value is -4.27. The van der Waals surface area contributed by atoms with E-state index in [1.54, 1.807) is 25.3 Å². The van der Waals surface area contributed by atoms with Gasteiger partial charge in [-0.25, -0.2) is 14.8 Å². The minimum Gasteiger partial charge on any atom is -0.497 e. The first-order valence-electron chi connectivity index (χ1n) is 11.9. The van der Waals surface area contributed by atoms with Gasteiger partial charge in [-0.3, -0.25) is 14.6 Å². The van der Waals surface area contributed by atoms with Crippen LogP contribution in [0, 0.1) is 5.92 Å².